The zero-order chi connectivity index (χ0) is 26.4. The summed E-state index contributed by atoms with van der Waals surface area (Å²) in [5.41, 5.74) is 5.27. The molecule has 0 spiro atoms. The Morgan fingerprint density at radius 1 is 1.21 bits per heavy atom. The van der Waals surface area contributed by atoms with Crippen LogP contribution in [0.2, 0.25) is 0 Å². The van der Waals surface area contributed by atoms with Gasteiger partial charge in [-0.15, -0.1) is 11.3 Å². The monoisotopic (exact) mass is 530 g/mol. The lowest BCUT2D eigenvalue weighted by molar-refractivity contribution is 0.111. The summed E-state index contributed by atoms with van der Waals surface area (Å²) in [6.07, 6.45) is 0.389. The first-order valence-electron chi connectivity index (χ1n) is 12.0. The summed E-state index contributed by atoms with van der Waals surface area (Å²) in [5.74, 6) is 0.0842. The van der Waals surface area contributed by atoms with Crippen LogP contribution in [0.15, 0.2) is 54.7 Å². The van der Waals surface area contributed by atoms with E-state index in [1.54, 1.807) is 13.3 Å². The molecular weight excluding hydrogens is 507 g/mol. The predicted molar refractivity (Wildman–Crippen MR) is 142 cm³/mol. The average Bonchev–Trinajstić information content (AvgIpc) is 3.52. The molecule has 0 saturated carbocycles. The third kappa shape index (κ3) is 4.37. The van der Waals surface area contributed by atoms with Crippen LogP contribution in [0.25, 0.3) is 31.8 Å². The molecule has 1 atom stereocenters. The number of carboxylic acid groups (broad SMARTS) is 1. The Kier molecular flexibility index (Phi) is 6.03. The van der Waals surface area contributed by atoms with Gasteiger partial charge in [0.15, 0.2) is 11.6 Å². The van der Waals surface area contributed by atoms with Crippen LogP contribution in [-0.4, -0.2) is 50.8 Å². The van der Waals surface area contributed by atoms with Gasteiger partial charge in [-0.05, 0) is 30.2 Å². The van der Waals surface area contributed by atoms with E-state index >= 15 is 4.39 Å². The highest BCUT2D eigenvalue weighted by Crippen LogP contribution is 2.43. The molecule has 0 radical (unpaired) electrons. The molecule has 10 heteroatoms. The van der Waals surface area contributed by atoms with E-state index in [9.17, 15) is 9.90 Å². The summed E-state index contributed by atoms with van der Waals surface area (Å²) in [7, 11) is 1.54. The van der Waals surface area contributed by atoms with E-state index in [1.807, 2.05) is 49.4 Å². The highest BCUT2D eigenvalue weighted by Gasteiger charge is 2.32. The van der Waals surface area contributed by atoms with Gasteiger partial charge in [-0.2, -0.15) is 0 Å². The molecule has 6 rings (SSSR count). The highest BCUT2D eigenvalue weighted by molar-refractivity contribution is 7.22. The number of nitrogens with zero attached hydrogens (tertiary/aromatic N) is 4. The van der Waals surface area contributed by atoms with E-state index < -0.39 is 18.0 Å². The van der Waals surface area contributed by atoms with Gasteiger partial charge in [0, 0.05) is 30.2 Å². The molecule has 1 aliphatic heterocycles. The second kappa shape index (κ2) is 9.53. The van der Waals surface area contributed by atoms with Gasteiger partial charge in [-0.3, -0.25) is 0 Å². The number of aryl methyl sites for hydroxylation is 1. The number of carbonyl (C=O) groups is 1. The van der Waals surface area contributed by atoms with E-state index in [0.29, 0.717) is 39.4 Å². The number of halogens is 1. The maximum absolute atomic E-state index is 15.1. The Bertz CT molecular complexity index is 1690. The third-order valence-electron chi connectivity index (χ3n) is 6.52. The molecule has 3 heterocycles. The third-order valence-corrected chi connectivity index (χ3v) is 7.68. The van der Waals surface area contributed by atoms with Gasteiger partial charge in [0.05, 0.1) is 41.1 Å². The first-order chi connectivity index (χ1) is 18.4. The smallest absolute Gasteiger partial charge is 0.407 e. The molecule has 0 aliphatic carbocycles. The molecule has 1 amide bonds. The fourth-order valence-electron chi connectivity index (χ4n) is 4.81. The van der Waals surface area contributed by atoms with Gasteiger partial charge in [-0.1, -0.05) is 30.3 Å². The van der Waals surface area contributed by atoms with Crippen molar-refractivity contribution in [2.75, 3.05) is 13.7 Å². The lowest BCUT2D eigenvalue weighted by atomic mass is 10.1. The van der Waals surface area contributed by atoms with Gasteiger partial charge in [0.2, 0.25) is 5.88 Å². The Balaban J connectivity index is 1.34. The number of fused-ring (bicyclic) bond motifs is 4. The van der Waals surface area contributed by atoms with Crippen LogP contribution in [0.3, 0.4) is 0 Å². The van der Waals surface area contributed by atoms with Crippen molar-refractivity contribution >= 4 is 38.7 Å². The number of rotatable bonds is 6. The maximum Gasteiger partial charge on any atom is 0.407 e. The molecule has 0 unspecified atom stereocenters. The second-order valence-corrected chi connectivity index (χ2v) is 10.2. The molecule has 3 aromatic carbocycles. The molecule has 0 saturated heterocycles. The van der Waals surface area contributed by atoms with Gasteiger partial charge in [-0.25, -0.2) is 24.1 Å². The molecule has 192 valence electrons. The summed E-state index contributed by atoms with van der Waals surface area (Å²) in [6, 6.07) is 14.7. The zero-order valence-corrected chi connectivity index (χ0v) is 21.5. The number of hydrogen-bond acceptors (Lipinski definition) is 7. The van der Waals surface area contributed by atoms with Crippen LogP contribution in [0.5, 0.6) is 11.6 Å². The number of benzene rings is 3. The van der Waals surface area contributed by atoms with Crippen molar-refractivity contribution in [2.45, 2.75) is 26.0 Å². The Morgan fingerprint density at radius 2 is 2.03 bits per heavy atom. The molecule has 38 heavy (non-hydrogen) atoms. The first kappa shape index (κ1) is 24.1. The topological polar surface area (TPSA) is 97.7 Å². The van der Waals surface area contributed by atoms with Gasteiger partial charge >= 0.3 is 6.09 Å². The number of methoxy groups -OCH3 is 1. The minimum atomic E-state index is -1.05. The summed E-state index contributed by atoms with van der Waals surface area (Å²) >= 11 is 1.44. The number of thiazole rings is 1. The SMILES string of the molecule is COc1cnc2c(-c3nc4cc(F)c5c(c4s3)C[C@H](CN(Cc3ccccc3)C(=O)O)O5)cc(C)cc2n1. The van der Waals surface area contributed by atoms with Crippen molar-refractivity contribution in [1.82, 2.24) is 19.9 Å². The van der Waals surface area contributed by atoms with E-state index in [-0.39, 0.29) is 18.8 Å². The summed E-state index contributed by atoms with van der Waals surface area (Å²) in [6.45, 7) is 2.31. The van der Waals surface area contributed by atoms with Crippen LogP contribution in [0, 0.1) is 12.7 Å². The Morgan fingerprint density at radius 3 is 2.79 bits per heavy atom. The summed E-state index contributed by atoms with van der Waals surface area (Å²) in [5, 5.41) is 10.5. The second-order valence-electron chi connectivity index (χ2n) is 9.22. The van der Waals surface area contributed by atoms with Crippen molar-refractivity contribution in [3.63, 3.8) is 0 Å². The highest BCUT2D eigenvalue weighted by atomic mass is 32.1. The van der Waals surface area contributed by atoms with Gasteiger partial charge in [0.25, 0.3) is 0 Å². The van der Waals surface area contributed by atoms with Crippen LogP contribution < -0.4 is 9.47 Å². The minimum absolute atomic E-state index is 0.117. The van der Waals surface area contributed by atoms with Crippen LogP contribution in [0.1, 0.15) is 16.7 Å². The van der Waals surface area contributed by atoms with Crippen molar-refractivity contribution in [2.24, 2.45) is 0 Å². The van der Waals surface area contributed by atoms with E-state index in [1.165, 1.54) is 22.3 Å². The average molecular weight is 531 g/mol. The predicted octanol–water partition coefficient (Wildman–Crippen LogP) is 5.85. The molecule has 0 bridgehead atoms. The molecule has 8 nitrogen and oxygen atoms in total. The van der Waals surface area contributed by atoms with E-state index in [4.69, 9.17) is 14.5 Å². The standard InChI is InChI=1S/C28H23FN4O4S/c1-15-8-18(24-21(9-15)31-23(36-2)12-30-24)27-32-22-11-20(29)25-19(26(22)38-27)10-17(37-25)14-33(28(34)35)13-16-6-4-3-5-7-16/h3-9,11-12,17H,10,13-14H2,1-2H3,(H,34,35)/t17-/m1/s1. The lowest BCUT2D eigenvalue weighted by Gasteiger charge is -2.22. The first-order valence-corrected chi connectivity index (χ1v) is 12.8. The lowest BCUT2D eigenvalue weighted by Crippen LogP contribution is -2.38. The number of hydrogen-bond donors (Lipinski definition) is 1. The van der Waals surface area contributed by atoms with Crippen molar-refractivity contribution < 1.29 is 23.8 Å². The number of aromatic nitrogens is 3. The normalized spacial score (nSPS) is 14.4. The maximum atomic E-state index is 15.1. The summed E-state index contributed by atoms with van der Waals surface area (Å²) < 4.78 is 27.1. The molecule has 1 aliphatic rings. The molecular formula is C28H23FN4O4S. The molecule has 2 aromatic heterocycles. The van der Waals surface area contributed by atoms with Crippen molar-refractivity contribution in [1.29, 1.82) is 0 Å². The summed E-state index contributed by atoms with van der Waals surface area (Å²) in [4.78, 5) is 27.0. The van der Waals surface area contributed by atoms with E-state index in [2.05, 4.69) is 9.97 Å². The minimum Gasteiger partial charge on any atom is -0.485 e. The fraction of sp³-hybridized carbons (Fsp3) is 0.214. The van der Waals surface area contributed by atoms with Crippen molar-refractivity contribution in [3.8, 4) is 22.2 Å². The fourth-order valence-corrected chi connectivity index (χ4v) is 5.93. The number of amides is 1. The zero-order valence-electron chi connectivity index (χ0n) is 20.6. The van der Waals surface area contributed by atoms with Gasteiger partial charge < -0.3 is 19.5 Å². The van der Waals surface area contributed by atoms with Crippen LogP contribution in [-0.2, 0) is 13.0 Å². The molecule has 0 fully saturated rings. The van der Waals surface area contributed by atoms with Crippen LogP contribution in [0.4, 0.5) is 9.18 Å². The van der Waals surface area contributed by atoms with Crippen molar-refractivity contribution in [3.05, 3.63) is 77.2 Å². The van der Waals surface area contributed by atoms with E-state index in [0.717, 1.165) is 21.4 Å². The largest absolute Gasteiger partial charge is 0.485 e. The Labute approximate surface area is 221 Å². The van der Waals surface area contributed by atoms with Gasteiger partial charge in [0.1, 0.15) is 11.1 Å². The molecule has 1 N–H and O–H groups in total. The molecule has 5 aromatic rings. The van der Waals surface area contributed by atoms with Crippen LogP contribution >= 0.6 is 11.3 Å². The Hall–Kier alpha value is -4.31. The number of ether oxygens (including phenoxy) is 2. The quantitative estimate of drug-likeness (QED) is 0.294.